The second kappa shape index (κ2) is 7.20. The minimum atomic E-state index is -0.449. The summed E-state index contributed by atoms with van der Waals surface area (Å²) in [5, 5.41) is 13.7. The number of nitrogens with one attached hydrogen (secondary N) is 1. The normalized spacial score (nSPS) is 11.5. The van der Waals surface area contributed by atoms with Gasteiger partial charge in [-0.05, 0) is 53.8 Å². The first-order valence-electron chi connectivity index (χ1n) is 7.66. The third-order valence-electron chi connectivity index (χ3n) is 3.84. The summed E-state index contributed by atoms with van der Waals surface area (Å²) in [7, 11) is 0. The number of benzene rings is 2. The first kappa shape index (κ1) is 16.7. The summed E-state index contributed by atoms with van der Waals surface area (Å²) in [5.41, 5.74) is 9.35. The number of nitrogens with two attached hydrogens (primary N) is 1. The molecule has 4 nitrogen and oxygen atoms in total. The van der Waals surface area contributed by atoms with Gasteiger partial charge in [-0.1, -0.05) is 24.3 Å². The van der Waals surface area contributed by atoms with Gasteiger partial charge < -0.3 is 11.1 Å². The molecule has 5 heteroatoms. The van der Waals surface area contributed by atoms with E-state index in [1.807, 2.05) is 29.6 Å². The average molecular weight is 346 g/mol. The minimum absolute atomic E-state index is 0.251. The molecule has 1 unspecified atom stereocenters. The third kappa shape index (κ3) is 3.70. The van der Waals surface area contributed by atoms with Gasteiger partial charge in [-0.15, -0.1) is 11.3 Å². The lowest BCUT2D eigenvalue weighted by molar-refractivity contribution is 0.102. The monoisotopic (exact) mass is 346 g/mol. The van der Waals surface area contributed by atoms with E-state index in [9.17, 15) is 4.79 Å². The van der Waals surface area contributed by atoms with Gasteiger partial charge in [0.1, 0.15) is 0 Å². The highest BCUT2D eigenvalue weighted by Gasteiger charge is 2.11. The van der Waals surface area contributed by atoms with Gasteiger partial charge in [0.15, 0.2) is 0 Å². The molecule has 1 aromatic heterocycles. The van der Waals surface area contributed by atoms with Crippen LogP contribution in [0, 0.1) is 18.3 Å². The summed E-state index contributed by atoms with van der Waals surface area (Å²) in [5.74, 6) is -0.700. The lowest BCUT2D eigenvalue weighted by Gasteiger charge is -2.11. The van der Waals surface area contributed by atoms with Gasteiger partial charge in [-0.25, -0.2) is 0 Å². The van der Waals surface area contributed by atoms with E-state index in [0.717, 1.165) is 16.0 Å². The zero-order valence-corrected chi connectivity index (χ0v) is 14.2. The smallest absolute Gasteiger partial charge is 0.255 e. The van der Waals surface area contributed by atoms with Crippen molar-refractivity contribution < 1.29 is 4.79 Å². The number of rotatable bonds is 4. The molecular weight excluding hydrogens is 330 g/mol. The Morgan fingerprint density at radius 2 is 1.96 bits per heavy atom. The van der Waals surface area contributed by atoms with Gasteiger partial charge in [0.25, 0.3) is 5.91 Å². The summed E-state index contributed by atoms with van der Waals surface area (Å²) in [6.07, 6.45) is 0. The molecule has 0 fully saturated rings. The molecule has 123 valence electrons. The van der Waals surface area contributed by atoms with Crippen LogP contribution in [0.1, 0.15) is 21.8 Å². The predicted molar refractivity (Wildman–Crippen MR) is 102 cm³/mol. The zero-order valence-electron chi connectivity index (χ0n) is 13.4. The fourth-order valence-corrected chi connectivity index (χ4v) is 3.12. The maximum atomic E-state index is 12.5. The fourth-order valence-electron chi connectivity index (χ4n) is 2.40. The molecule has 3 N–H and O–H groups in total. The summed E-state index contributed by atoms with van der Waals surface area (Å²) >= 11 is 1.63. The van der Waals surface area contributed by atoms with Crippen LogP contribution in [-0.2, 0) is 0 Å². The number of hydrogen-bond donors (Lipinski definition) is 2. The van der Waals surface area contributed by atoms with Gasteiger partial charge in [0, 0.05) is 10.4 Å². The van der Waals surface area contributed by atoms with Crippen LogP contribution in [0.15, 0.2) is 60.0 Å². The van der Waals surface area contributed by atoms with E-state index in [4.69, 9.17) is 11.0 Å². The van der Waals surface area contributed by atoms with Crippen molar-refractivity contribution in [2.24, 2.45) is 0 Å². The summed E-state index contributed by atoms with van der Waals surface area (Å²) in [4.78, 5) is 13.6. The first-order valence-corrected chi connectivity index (χ1v) is 8.54. The van der Waals surface area contributed by atoms with Crippen LogP contribution in [0.2, 0.25) is 0 Å². The second-order valence-corrected chi connectivity index (χ2v) is 6.48. The average Bonchev–Trinajstić information content (AvgIpc) is 3.17. The number of anilines is 2. The Balaban J connectivity index is 1.81. The Morgan fingerprint density at radius 3 is 2.60 bits per heavy atom. The van der Waals surface area contributed by atoms with Crippen LogP contribution < -0.4 is 11.1 Å². The second-order valence-electron chi connectivity index (χ2n) is 5.54. The molecule has 25 heavy (non-hydrogen) atoms. The van der Waals surface area contributed by atoms with E-state index in [2.05, 4.69) is 18.3 Å². The highest BCUT2D eigenvalue weighted by Crippen LogP contribution is 2.30. The van der Waals surface area contributed by atoms with Crippen LogP contribution in [0.4, 0.5) is 11.4 Å². The van der Waals surface area contributed by atoms with Gasteiger partial charge >= 0.3 is 0 Å². The molecule has 1 amide bonds. The number of thiophene rings is 1. The summed E-state index contributed by atoms with van der Waals surface area (Å²) in [6, 6.07) is 18.5. The van der Waals surface area contributed by atoms with E-state index >= 15 is 0 Å². The summed E-state index contributed by atoms with van der Waals surface area (Å²) < 4.78 is 0. The Bertz CT molecular complexity index is 925. The Kier molecular flexibility index (Phi) is 4.82. The van der Waals surface area contributed by atoms with Crippen molar-refractivity contribution in [1.82, 2.24) is 0 Å². The van der Waals surface area contributed by atoms with Crippen LogP contribution in [0.25, 0.3) is 10.4 Å². The number of nitrogens with zero attached hydrogens (tertiary/aromatic N) is 1. The Hall–Kier alpha value is -3.10. The standard InChI is InChI=1S/C20H16N3OS/c1-13(12-21)14-4-6-15(7-5-14)20(24)23-18-11-16(8-9-17(18)22)19-3-2-10-25-19/h2-11,13H,1,22H2,(H,23,24). The lowest BCUT2D eigenvalue weighted by atomic mass is 10.0. The number of carbonyl (C=O) groups is 1. The van der Waals surface area contributed by atoms with Crippen molar-refractivity contribution in [2.75, 3.05) is 11.1 Å². The van der Waals surface area contributed by atoms with E-state index < -0.39 is 5.92 Å². The number of carbonyl (C=O) groups excluding carboxylic acids is 1. The SMILES string of the molecule is [CH2]C(C#N)c1ccc(C(=O)Nc2cc(-c3cccs3)ccc2N)cc1. The molecule has 0 saturated carbocycles. The quantitative estimate of drug-likeness (QED) is 0.673. The minimum Gasteiger partial charge on any atom is -0.397 e. The van der Waals surface area contributed by atoms with Crippen LogP contribution in [0.5, 0.6) is 0 Å². The van der Waals surface area contributed by atoms with Crippen molar-refractivity contribution in [3.8, 4) is 16.5 Å². The van der Waals surface area contributed by atoms with Crippen LogP contribution >= 0.6 is 11.3 Å². The molecule has 2 aromatic carbocycles. The van der Waals surface area contributed by atoms with Crippen LogP contribution in [-0.4, -0.2) is 5.91 Å². The zero-order chi connectivity index (χ0) is 17.8. The Morgan fingerprint density at radius 1 is 1.20 bits per heavy atom. The van der Waals surface area contributed by atoms with Gasteiger partial charge in [-0.3, -0.25) is 4.79 Å². The highest BCUT2D eigenvalue weighted by atomic mass is 32.1. The molecule has 3 rings (SSSR count). The van der Waals surface area contributed by atoms with Crippen molar-refractivity contribution in [2.45, 2.75) is 5.92 Å². The third-order valence-corrected chi connectivity index (χ3v) is 4.76. The maximum Gasteiger partial charge on any atom is 0.255 e. The molecule has 3 aromatic rings. The molecular formula is C20H16N3OS. The van der Waals surface area contributed by atoms with Crippen molar-refractivity contribution in [1.29, 1.82) is 5.26 Å². The summed E-state index contributed by atoms with van der Waals surface area (Å²) in [6.45, 7) is 3.74. The molecule has 0 saturated heterocycles. The lowest BCUT2D eigenvalue weighted by Crippen LogP contribution is -2.13. The van der Waals surface area contributed by atoms with Crippen molar-refractivity contribution in [3.05, 3.63) is 78.0 Å². The Labute approximate surface area is 150 Å². The number of hydrogen-bond acceptors (Lipinski definition) is 4. The molecule has 1 radical (unpaired) electrons. The molecule has 0 aliphatic carbocycles. The first-order chi connectivity index (χ1) is 12.1. The topological polar surface area (TPSA) is 78.9 Å². The molecule has 0 bridgehead atoms. The maximum absolute atomic E-state index is 12.5. The van der Waals surface area contributed by atoms with E-state index in [0.29, 0.717) is 16.9 Å². The molecule has 0 spiro atoms. The number of amides is 1. The molecule has 0 aliphatic heterocycles. The van der Waals surface area contributed by atoms with Crippen molar-refractivity contribution in [3.63, 3.8) is 0 Å². The molecule has 0 aliphatic rings. The van der Waals surface area contributed by atoms with E-state index in [1.54, 1.807) is 41.7 Å². The number of nitrogen functional groups attached to an aromatic ring is 1. The van der Waals surface area contributed by atoms with Crippen molar-refractivity contribution >= 4 is 28.6 Å². The van der Waals surface area contributed by atoms with E-state index in [1.165, 1.54) is 0 Å². The van der Waals surface area contributed by atoms with Gasteiger partial charge in [0.2, 0.25) is 0 Å². The van der Waals surface area contributed by atoms with E-state index in [-0.39, 0.29) is 5.91 Å². The molecule has 1 atom stereocenters. The molecule has 1 heterocycles. The van der Waals surface area contributed by atoms with Crippen LogP contribution in [0.3, 0.4) is 0 Å². The number of nitriles is 1. The largest absolute Gasteiger partial charge is 0.397 e. The highest BCUT2D eigenvalue weighted by molar-refractivity contribution is 7.13. The predicted octanol–water partition coefficient (Wildman–Crippen LogP) is 4.69. The van der Waals surface area contributed by atoms with Gasteiger partial charge in [0.05, 0.1) is 23.4 Å². The van der Waals surface area contributed by atoms with Gasteiger partial charge in [-0.2, -0.15) is 5.26 Å². The fraction of sp³-hybridized carbons (Fsp3) is 0.0500.